The van der Waals surface area contributed by atoms with E-state index in [2.05, 4.69) is 26.6 Å². The highest BCUT2D eigenvalue weighted by atomic mass is 32.2. The third-order valence-corrected chi connectivity index (χ3v) is 12.0. The van der Waals surface area contributed by atoms with Gasteiger partial charge in [0.2, 0.25) is 23.6 Å². The summed E-state index contributed by atoms with van der Waals surface area (Å²) in [6, 6.07) is 39.0. The Labute approximate surface area is 382 Å². The van der Waals surface area contributed by atoms with Crippen molar-refractivity contribution in [3.63, 3.8) is 0 Å². The second-order valence-electron chi connectivity index (χ2n) is 15.9. The number of alkyl carbamates (subject to hydrolysis) is 1. The smallest absolute Gasteiger partial charge is 0.408 e. The number of amides is 5. The molecule has 0 aliphatic carbocycles. The van der Waals surface area contributed by atoms with Crippen molar-refractivity contribution in [2.75, 3.05) is 12.3 Å². The molecule has 1 heterocycles. The van der Waals surface area contributed by atoms with Crippen molar-refractivity contribution in [2.45, 2.75) is 75.4 Å². The molecule has 1 aliphatic heterocycles. The fraction of sp³-hybridized carbons (Fsp3) is 0.280. The van der Waals surface area contributed by atoms with E-state index in [0.717, 1.165) is 34.0 Å². The van der Waals surface area contributed by atoms with E-state index in [0.29, 0.717) is 17.9 Å². The number of thioether (sulfide) groups is 1. The predicted molar refractivity (Wildman–Crippen MR) is 246 cm³/mol. The molecule has 1 fully saturated rings. The van der Waals surface area contributed by atoms with Gasteiger partial charge in [0.05, 0.1) is 6.54 Å². The average molecular weight is 900 g/mol. The largest absolute Gasteiger partial charge is 0.489 e. The Hall–Kier alpha value is -7.13. The molecule has 0 unspecified atom stereocenters. The van der Waals surface area contributed by atoms with Gasteiger partial charge >= 0.3 is 12.1 Å². The molecule has 65 heavy (non-hydrogen) atoms. The molecule has 0 bridgehead atoms. The molecule has 1 saturated heterocycles. The molecule has 15 heteroatoms. The molecule has 5 amide bonds. The monoisotopic (exact) mass is 899 g/mol. The minimum absolute atomic E-state index is 0.000282. The molecule has 0 aromatic heterocycles. The van der Waals surface area contributed by atoms with Crippen LogP contribution < -0.4 is 31.3 Å². The van der Waals surface area contributed by atoms with Gasteiger partial charge in [-0.25, -0.2) is 9.59 Å². The summed E-state index contributed by atoms with van der Waals surface area (Å²) in [6.07, 6.45) is -0.764. The van der Waals surface area contributed by atoms with Gasteiger partial charge < -0.3 is 40.8 Å². The molecular formula is C50H53N5O9S. The van der Waals surface area contributed by atoms with Gasteiger partial charge in [-0.15, -0.1) is 0 Å². The Balaban J connectivity index is 1.22. The molecule has 6 rings (SSSR count). The van der Waals surface area contributed by atoms with Crippen LogP contribution >= 0.6 is 11.8 Å². The van der Waals surface area contributed by atoms with E-state index < -0.39 is 71.2 Å². The summed E-state index contributed by atoms with van der Waals surface area (Å²) in [5.41, 5.74) is 3.89. The van der Waals surface area contributed by atoms with Crippen molar-refractivity contribution in [1.82, 2.24) is 26.6 Å². The second-order valence-corrected chi connectivity index (χ2v) is 17.6. The molecule has 338 valence electrons. The van der Waals surface area contributed by atoms with E-state index >= 15 is 0 Å². The summed E-state index contributed by atoms with van der Waals surface area (Å²) in [5.74, 6) is -2.94. The van der Waals surface area contributed by atoms with Crippen molar-refractivity contribution in [3.05, 3.63) is 173 Å². The molecule has 4 atom stereocenters. The van der Waals surface area contributed by atoms with Gasteiger partial charge in [-0.05, 0) is 53.8 Å². The van der Waals surface area contributed by atoms with Gasteiger partial charge in [-0.3, -0.25) is 19.2 Å². The maximum atomic E-state index is 14.4. The lowest BCUT2D eigenvalue weighted by Crippen LogP contribution is -2.61. The molecule has 0 saturated carbocycles. The highest BCUT2D eigenvalue weighted by Crippen LogP contribution is 2.30. The first kappa shape index (κ1) is 47.4. The number of esters is 1. The molecule has 0 spiro atoms. The van der Waals surface area contributed by atoms with E-state index in [1.807, 2.05) is 72.8 Å². The Morgan fingerprint density at radius 3 is 1.78 bits per heavy atom. The minimum atomic E-state index is -1.33. The Bertz CT molecular complexity index is 2360. The van der Waals surface area contributed by atoms with Crippen LogP contribution in [0.15, 0.2) is 146 Å². The van der Waals surface area contributed by atoms with E-state index in [-0.39, 0.29) is 31.8 Å². The summed E-state index contributed by atoms with van der Waals surface area (Å²) >= 11 is 1.14. The van der Waals surface area contributed by atoms with Crippen LogP contribution in [0, 0.1) is 0 Å². The van der Waals surface area contributed by atoms with E-state index in [1.54, 1.807) is 86.6 Å². The molecular weight excluding hydrogens is 847 g/mol. The van der Waals surface area contributed by atoms with Crippen molar-refractivity contribution < 1.29 is 43.0 Å². The normalized spacial score (nSPS) is 18.1. The number of carbonyl (C=O) groups is 6. The summed E-state index contributed by atoms with van der Waals surface area (Å²) in [4.78, 5) is 82.9. The van der Waals surface area contributed by atoms with E-state index in [1.165, 1.54) is 0 Å². The highest BCUT2D eigenvalue weighted by molar-refractivity contribution is 8.00. The zero-order valence-electron chi connectivity index (χ0n) is 36.2. The summed E-state index contributed by atoms with van der Waals surface area (Å²) in [5, 5.41) is 13.6. The number of benzene rings is 5. The number of rotatable bonds is 15. The van der Waals surface area contributed by atoms with Crippen molar-refractivity contribution in [1.29, 1.82) is 0 Å². The molecule has 14 nitrogen and oxygen atoms in total. The number of hydrogen-bond donors (Lipinski definition) is 5. The third-order valence-electron chi connectivity index (χ3n) is 10.5. The van der Waals surface area contributed by atoms with E-state index in [4.69, 9.17) is 14.2 Å². The van der Waals surface area contributed by atoms with Gasteiger partial charge in [0, 0.05) is 23.3 Å². The summed E-state index contributed by atoms with van der Waals surface area (Å²) in [7, 11) is 0. The standard InChI is InChI=1S/C50H53N5O9S/c1-50(2)44(55-46(58)41(54-49(61)64-32-38-21-13-6-14-22-38)28-35-23-25-39(26-24-35)62-30-36-17-9-4-10-18-36)47(59)51-29-43(56)52-40(27-34-15-7-3-8-16-34)45(57)53-42(33-65-50)48(60)63-31-37-19-11-5-12-20-37/h3-26,40-42,44H,27-33H2,1-2H3,(H,51,59)(H,52,56)(H,53,57)(H,54,61)(H,55,58)/t40-,41-,42-,44-/m0/s1. The van der Waals surface area contributed by atoms with Crippen LogP contribution in [0.25, 0.3) is 0 Å². The van der Waals surface area contributed by atoms with Gasteiger partial charge in [0.1, 0.15) is 49.7 Å². The third kappa shape index (κ3) is 15.0. The van der Waals surface area contributed by atoms with Crippen LogP contribution in [0.4, 0.5) is 4.79 Å². The fourth-order valence-electron chi connectivity index (χ4n) is 6.84. The maximum absolute atomic E-state index is 14.4. The van der Waals surface area contributed by atoms with Crippen LogP contribution in [-0.4, -0.2) is 76.9 Å². The SMILES string of the molecule is CC1(C)SC[C@@H](C(=O)OCc2ccccc2)NC(=O)[C@H](Cc2ccccc2)NC(=O)CNC(=O)[C@@H]1NC(=O)[C@H](Cc1ccc(OCc2ccccc2)cc1)NC(=O)OCc1ccccc1. The zero-order chi connectivity index (χ0) is 46.0. The molecule has 5 N–H and O–H groups in total. The summed E-state index contributed by atoms with van der Waals surface area (Å²) in [6.45, 7) is 3.10. The average Bonchev–Trinajstić information content (AvgIpc) is 3.33. The summed E-state index contributed by atoms with van der Waals surface area (Å²) < 4.78 is 15.9. The first-order valence-electron chi connectivity index (χ1n) is 21.2. The lowest BCUT2D eigenvalue weighted by molar-refractivity contribution is -0.148. The van der Waals surface area contributed by atoms with Crippen LogP contribution in [0.5, 0.6) is 5.75 Å². The predicted octanol–water partition coefficient (Wildman–Crippen LogP) is 5.19. The lowest BCUT2D eigenvalue weighted by Gasteiger charge is -2.35. The minimum Gasteiger partial charge on any atom is -0.489 e. The maximum Gasteiger partial charge on any atom is 0.408 e. The topological polar surface area (TPSA) is 190 Å². The molecule has 0 radical (unpaired) electrons. The number of carbonyl (C=O) groups excluding carboxylic acids is 6. The Kier molecular flexibility index (Phi) is 17.1. The van der Waals surface area contributed by atoms with Crippen molar-refractivity contribution in [3.8, 4) is 5.75 Å². The molecule has 5 aromatic carbocycles. The van der Waals surface area contributed by atoms with Crippen LogP contribution in [0.3, 0.4) is 0 Å². The Morgan fingerprint density at radius 1 is 0.662 bits per heavy atom. The molecule has 1 aliphatic rings. The second kappa shape index (κ2) is 23.5. The van der Waals surface area contributed by atoms with Gasteiger partial charge in [-0.1, -0.05) is 133 Å². The first-order valence-corrected chi connectivity index (χ1v) is 22.2. The zero-order valence-corrected chi connectivity index (χ0v) is 37.0. The van der Waals surface area contributed by atoms with Crippen LogP contribution in [0.2, 0.25) is 0 Å². The highest BCUT2D eigenvalue weighted by Gasteiger charge is 2.41. The lowest BCUT2D eigenvalue weighted by atomic mass is 10.00. The number of hydrogen-bond acceptors (Lipinski definition) is 10. The molecule has 5 aromatic rings. The van der Waals surface area contributed by atoms with Crippen LogP contribution in [-0.2, 0) is 66.1 Å². The quantitative estimate of drug-likeness (QED) is 0.0876. The van der Waals surface area contributed by atoms with Gasteiger partial charge in [0.25, 0.3) is 0 Å². The van der Waals surface area contributed by atoms with Gasteiger partial charge in [-0.2, -0.15) is 11.8 Å². The van der Waals surface area contributed by atoms with E-state index in [9.17, 15) is 28.8 Å². The Morgan fingerprint density at radius 2 is 1.20 bits per heavy atom. The van der Waals surface area contributed by atoms with Crippen molar-refractivity contribution in [2.24, 2.45) is 0 Å². The van der Waals surface area contributed by atoms with Gasteiger partial charge in [0.15, 0.2) is 0 Å². The van der Waals surface area contributed by atoms with Crippen LogP contribution in [0.1, 0.15) is 41.7 Å². The number of ether oxygens (including phenoxy) is 3. The number of nitrogens with one attached hydrogen (secondary N) is 5. The first-order chi connectivity index (χ1) is 31.4. The fourth-order valence-corrected chi connectivity index (χ4v) is 7.99. The van der Waals surface area contributed by atoms with Crippen molar-refractivity contribution >= 4 is 47.5 Å².